The lowest BCUT2D eigenvalue weighted by Crippen LogP contribution is -2.14. The van der Waals surface area contributed by atoms with Crippen molar-refractivity contribution in [3.8, 4) is 5.69 Å². The molecule has 122 valence electrons. The van der Waals surface area contributed by atoms with Crippen molar-refractivity contribution < 1.29 is 4.79 Å². The number of anilines is 1. The molecule has 1 heterocycles. The summed E-state index contributed by atoms with van der Waals surface area (Å²) in [5, 5.41) is 7.84. The number of carbonyl (C=O) groups is 1. The van der Waals surface area contributed by atoms with Crippen molar-refractivity contribution in [2.24, 2.45) is 0 Å². The normalized spacial score (nSPS) is 10.5. The van der Waals surface area contributed by atoms with Gasteiger partial charge in [0, 0.05) is 10.6 Å². The molecule has 0 bridgehead atoms. The van der Waals surface area contributed by atoms with Crippen molar-refractivity contribution >= 4 is 35.1 Å². The minimum Gasteiger partial charge on any atom is -0.325 e. The zero-order valence-corrected chi connectivity index (χ0v) is 14.7. The van der Waals surface area contributed by atoms with Gasteiger partial charge in [0.25, 0.3) is 0 Å². The van der Waals surface area contributed by atoms with Gasteiger partial charge in [-0.25, -0.2) is 9.67 Å². The number of hydrogen-bond acceptors (Lipinski definition) is 5. The van der Waals surface area contributed by atoms with Gasteiger partial charge in [-0.1, -0.05) is 36.0 Å². The third-order valence-electron chi connectivity index (χ3n) is 3.18. The molecule has 1 aromatic heterocycles. The van der Waals surface area contributed by atoms with Gasteiger partial charge in [0.1, 0.15) is 6.33 Å². The molecule has 0 aliphatic rings. The third kappa shape index (κ3) is 4.39. The number of rotatable bonds is 6. The lowest BCUT2D eigenvalue weighted by Gasteiger charge is -2.05. The molecule has 0 aliphatic carbocycles. The Labute approximate surface area is 148 Å². The van der Waals surface area contributed by atoms with Crippen LogP contribution >= 0.6 is 23.5 Å². The van der Waals surface area contributed by atoms with E-state index in [1.54, 1.807) is 22.8 Å². The molecule has 0 saturated carbocycles. The first-order valence-corrected chi connectivity index (χ1v) is 9.49. The summed E-state index contributed by atoms with van der Waals surface area (Å²) in [5.41, 5.74) is 1.74. The summed E-state index contributed by atoms with van der Waals surface area (Å²) in [5.74, 6) is 0.191. The summed E-state index contributed by atoms with van der Waals surface area (Å²) in [6.45, 7) is 0. The molecule has 1 amide bonds. The topological polar surface area (TPSA) is 59.8 Å². The number of nitrogens with zero attached hydrogens (tertiary/aromatic N) is 3. The van der Waals surface area contributed by atoms with Gasteiger partial charge in [0.05, 0.1) is 11.4 Å². The van der Waals surface area contributed by atoms with Gasteiger partial charge in [-0.05, 0) is 36.6 Å². The molecule has 0 spiro atoms. The van der Waals surface area contributed by atoms with E-state index in [4.69, 9.17) is 0 Å². The van der Waals surface area contributed by atoms with Crippen LogP contribution < -0.4 is 5.32 Å². The van der Waals surface area contributed by atoms with Crippen LogP contribution in [-0.2, 0) is 4.79 Å². The molecule has 0 fully saturated rings. The molecule has 7 heteroatoms. The summed E-state index contributed by atoms with van der Waals surface area (Å²) in [7, 11) is 0. The van der Waals surface area contributed by atoms with E-state index in [2.05, 4.69) is 15.4 Å². The van der Waals surface area contributed by atoms with E-state index in [9.17, 15) is 4.79 Å². The van der Waals surface area contributed by atoms with Crippen LogP contribution in [0.1, 0.15) is 0 Å². The van der Waals surface area contributed by atoms with E-state index < -0.39 is 0 Å². The SMILES string of the molecule is CSc1cccc(NC(=O)CSc2ncn(-c3ccccc3)n2)c1. The molecule has 3 rings (SSSR count). The van der Waals surface area contributed by atoms with Gasteiger partial charge >= 0.3 is 0 Å². The Hall–Kier alpha value is -2.25. The van der Waals surface area contributed by atoms with Crippen molar-refractivity contribution in [2.45, 2.75) is 10.1 Å². The van der Waals surface area contributed by atoms with E-state index in [-0.39, 0.29) is 11.7 Å². The molecule has 0 unspecified atom stereocenters. The maximum absolute atomic E-state index is 12.1. The van der Waals surface area contributed by atoms with Gasteiger partial charge in [-0.15, -0.1) is 16.9 Å². The predicted octanol–water partition coefficient (Wildman–Crippen LogP) is 3.72. The number of benzene rings is 2. The number of carbonyl (C=O) groups excluding carboxylic acids is 1. The van der Waals surface area contributed by atoms with Crippen LogP contribution in [0, 0.1) is 0 Å². The largest absolute Gasteiger partial charge is 0.325 e. The van der Waals surface area contributed by atoms with Crippen molar-refractivity contribution in [3.63, 3.8) is 0 Å². The average molecular weight is 356 g/mol. The zero-order chi connectivity index (χ0) is 16.8. The second-order valence-corrected chi connectivity index (χ2v) is 6.70. The van der Waals surface area contributed by atoms with Crippen LogP contribution in [0.15, 0.2) is 71.0 Å². The van der Waals surface area contributed by atoms with Gasteiger partial charge in [0.2, 0.25) is 11.1 Å². The molecule has 1 N–H and O–H groups in total. The van der Waals surface area contributed by atoms with Gasteiger partial charge < -0.3 is 5.32 Å². The molecular formula is C17H16N4OS2. The average Bonchev–Trinajstić information content (AvgIpc) is 3.10. The molecule has 0 atom stereocenters. The molecule has 3 aromatic rings. The summed E-state index contributed by atoms with van der Waals surface area (Å²) in [6, 6.07) is 17.5. The predicted molar refractivity (Wildman–Crippen MR) is 98.9 cm³/mol. The second-order valence-electron chi connectivity index (χ2n) is 4.88. The first-order valence-electron chi connectivity index (χ1n) is 7.28. The fraction of sp³-hybridized carbons (Fsp3) is 0.118. The van der Waals surface area contributed by atoms with Crippen molar-refractivity contribution in [1.82, 2.24) is 14.8 Å². The Kier molecular flexibility index (Phi) is 5.55. The highest BCUT2D eigenvalue weighted by Gasteiger charge is 2.08. The van der Waals surface area contributed by atoms with Crippen molar-refractivity contribution in [2.75, 3.05) is 17.3 Å². The lowest BCUT2D eigenvalue weighted by atomic mass is 10.3. The van der Waals surface area contributed by atoms with Gasteiger partial charge in [-0.2, -0.15) is 0 Å². The highest BCUT2D eigenvalue weighted by atomic mass is 32.2. The first kappa shape index (κ1) is 16.6. The van der Waals surface area contributed by atoms with E-state index in [1.165, 1.54) is 11.8 Å². The molecule has 0 aliphatic heterocycles. The van der Waals surface area contributed by atoms with Crippen molar-refractivity contribution in [3.05, 3.63) is 60.9 Å². The van der Waals surface area contributed by atoms with Crippen LogP contribution in [0.5, 0.6) is 0 Å². The van der Waals surface area contributed by atoms with Crippen molar-refractivity contribution in [1.29, 1.82) is 0 Å². The van der Waals surface area contributed by atoms with E-state index in [0.29, 0.717) is 5.16 Å². The maximum Gasteiger partial charge on any atom is 0.234 e. The number of nitrogens with one attached hydrogen (secondary N) is 1. The Morgan fingerprint density at radius 1 is 1.17 bits per heavy atom. The fourth-order valence-electron chi connectivity index (χ4n) is 2.05. The monoisotopic (exact) mass is 356 g/mol. The van der Waals surface area contributed by atoms with E-state index in [1.807, 2.05) is 60.9 Å². The maximum atomic E-state index is 12.1. The fourth-order valence-corrected chi connectivity index (χ4v) is 3.11. The van der Waals surface area contributed by atoms with Crippen LogP contribution in [0.3, 0.4) is 0 Å². The molecule has 0 radical (unpaired) electrons. The number of aromatic nitrogens is 3. The number of amides is 1. The number of thioether (sulfide) groups is 2. The Morgan fingerprint density at radius 3 is 2.79 bits per heavy atom. The summed E-state index contributed by atoms with van der Waals surface area (Å²) < 4.78 is 1.70. The highest BCUT2D eigenvalue weighted by molar-refractivity contribution is 7.99. The van der Waals surface area contributed by atoms with Crippen LogP contribution in [0.2, 0.25) is 0 Å². The smallest absolute Gasteiger partial charge is 0.234 e. The molecule has 0 saturated heterocycles. The van der Waals surface area contributed by atoms with E-state index >= 15 is 0 Å². The minimum absolute atomic E-state index is 0.0747. The molecular weight excluding hydrogens is 340 g/mol. The zero-order valence-electron chi connectivity index (χ0n) is 13.0. The summed E-state index contributed by atoms with van der Waals surface area (Å²) in [6.07, 6.45) is 3.66. The van der Waals surface area contributed by atoms with Crippen LogP contribution in [0.4, 0.5) is 5.69 Å². The molecule has 24 heavy (non-hydrogen) atoms. The van der Waals surface area contributed by atoms with E-state index in [0.717, 1.165) is 16.3 Å². The highest BCUT2D eigenvalue weighted by Crippen LogP contribution is 2.20. The Balaban J connectivity index is 1.56. The quantitative estimate of drug-likeness (QED) is 0.682. The van der Waals surface area contributed by atoms with Crippen LogP contribution in [-0.4, -0.2) is 32.7 Å². The first-order chi connectivity index (χ1) is 11.7. The third-order valence-corrected chi connectivity index (χ3v) is 4.75. The van der Waals surface area contributed by atoms with Gasteiger partial charge in [-0.3, -0.25) is 4.79 Å². The number of hydrogen-bond donors (Lipinski definition) is 1. The van der Waals surface area contributed by atoms with Gasteiger partial charge in [0.15, 0.2) is 0 Å². The minimum atomic E-state index is -0.0747. The Morgan fingerprint density at radius 2 is 2.00 bits per heavy atom. The standard InChI is InChI=1S/C17H16N4OS2/c1-23-15-9-5-6-13(10-15)19-16(22)11-24-17-18-12-21(20-17)14-7-3-2-4-8-14/h2-10,12H,11H2,1H3,(H,19,22). The number of para-hydroxylation sites is 1. The summed E-state index contributed by atoms with van der Waals surface area (Å²) in [4.78, 5) is 17.4. The summed E-state index contributed by atoms with van der Waals surface area (Å²) >= 11 is 2.95. The lowest BCUT2D eigenvalue weighted by molar-refractivity contribution is -0.113. The molecule has 5 nitrogen and oxygen atoms in total. The second kappa shape index (κ2) is 8.03. The Bertz CT molecular complexity index is 820. The van der Waals surface area contributed by atoms with Crippen LogP contribution in [0.25, 0.3) is 5.69 Å². The molecule has 2 aromatic carbocycles.